The van der Waals surface area contributed by atoms with Crippen molar-refractivity contribution < 1.29 is 24.1 Å². The highest BCUT2D eigenvalue weighted by Crippen LogP contribution is 2.52. The molecule has 5 rings (SSSR count). The van der Waals surface area contributed by atoms with E-state index in [1.165, 1.54) is 0 Å². The Hall–Kier alpha value is -2.12. The topological polar surface area (TPSA) is 88.4 Å². The number of quaternary nitrogens is 1. The number of nitrogens with one attached hydrogen (secondary N) is 1. The zero-order valence-electron chi connectivity index (χ0n) is 18.2. The number of nitrogens with two attached hydrogens (primary N) is 1. The van der Waals surface area contributed by atoms with Crippen LogP contribution < -0.4 is 10.6 Å². The van der Waals surface area contributed by atoms with Crippen LogP contribution in [0.4, 0.5) is 0 Å². The number of carbonyl (C=O) groups excluding carboxylic acids is 2. The van der Waals surface area contributed by atoms with Gasteiger partial charge in [-0.3, -0.25) is 9.59 Å². The lowest BCUT2D eigenvalue weighted by molar-refractivity contribution is -0.787. The minimum atomic E-state index is -0.685. The quantitative estimate of drug-likeness (QED) is 0.719. The van der Waals surface area contributed by atoms with Crippen molar-refractivity contribution in [1.29, 1.82) is 0 Å². The van der Waals surface area contributed by atoms with Gasteiger partial charge < -0.3 is 24.7 Å². The van der Waals surface area contributed by atoms with Gasteiger partial charge in [-0.15, -0.1) is 0 Å². The van der Waals surface area contributed by atoms with E-state index in [-0.39, 0.29) is 35.0 Å². The van der Waals surface area contributed by atoms with Crippen LogP contribution in [-0.2, 0) is 20.9 Å². The van der Waals surface area contributed by atoms with Crippen molar-refractivity contribution in [1.82, 2.24) is 10.2 Å². The first-order chi connectivity index (χ1) is 14.1. The molecule has 3 saturated heterocycles. The SMILES string of the molecule is CC1(C)CC(NC(=O)[C@H]2[C@@H]3C=C[C@@]4(CN(Cc5ccco5)C(=O)[C@@H]24)O3)CC(C)(C)[NH2+]1. The number of nitrogens with zero attached hydrogens (tertiary/aromatic N) is 1. The van der Waals surface area contributed by atoms with E-state index in [9.17, 15) is 9.59 Å². The lowest BCUT2D eigenvalue weighted by Crippen LogP contribution is -3.06. The van der Waals surface area contributed by atoms with E-state index in [0.717, 1.165) is 18.6 Å². The van der Waals surface area contributed by atoms with Crippen molar-refractivity contribution in [3.8, 4) is 0 Å². The fourth-order valence-electron chi connectivity index (χ4n) is 6.52. The Labute approximate surface area is 177 Å². The molecule has 30 heavy (non-hydrogen) atoms. The smallest absolute Gasteiger partial charge is 0.230 e. The van der Waals surface area contributed by atoms with E-state index >= 15 is 0 Å². The second kappa shape index (κ2) is 6.44. The number of piperidine rings is 1. The van der Waals surface area contributed by atoms with Crippen molar-refractivity contribution in [3.05, 3.63) is 36.3 Å². The molecule has 1 spiro atoms. The van der Waals surface area contributed by atoms with Crippen LogP contribution in [0.25, 0.3) is 0 Å². The van der Waals surface area contributed by atoms with E-state index in [1.807, 2.05) is 24.3 Å². The molecule has 0 aliphatic carbocycles. The summed E-state index contributed by atoms with van der Waals surface area (Å²) in [4.78, 5) is 28.5. The molecule has 2 amide bonds. The molecule has 0 radical (unpaired) electrons. The highest BCUT2D eigenvalue weighted by molar-refractivity contribution is 5.93. The summed E-state index contributed by atoms with van der Waals surface area (Å²) in [5.41, 5.74) is -0.556. The summed E-state index contributed by atoms with van der Waals surface area (Å²) in [5, 5.41) is 5.68. The Bertz CT molecular complexity index is 874. The molecule has 1 aromatic heterocycles. The van der Waals surface area contributed by atoms with Crippen molar-refractivity contribution in [2.24, 2.45) is 11.8 Å². The number of furan rings is 1. The average Bonchev–Trinajstić information content (AvgIpc) is 3.35. The molecule has 2 bridgehead atoms. The van der Waals surface area contributed by atoms with Gasteiger partial charge in [0.25, 0.3) is 0 Å². The van der Waals surface area contributed by atoms with E-state index in [2.05, 4.69) is 38.3 Å². The van der Waals surface area contributed by atoms with E-state index < -0.39 is 17.4 Å². The molecule has 0 aromatic carbocycles. The van der Waals surface area contributed by atoms with Crippen LogP contribution in [0.1, 0.15) is 46.3 Å². The predicted molar refractivity (Wildman–Crippen MR) is 109 cm³/mol. The molecular weight excluding hydrogens is 382 g/mol. The summed E-state index contributed by atoms with van der Waals surface area (Å²) < 4.78 is 11.7. The lowest BCUT2D eigenvalue weighted by Gasteiger charge is -2.43. The van der Waals surface area contributed by atoms with Crippen molar-refractivity contribution in [2.45, 2.75) is 75.9 Å². The minimum Gasteiger partial charge on any atom is -0.467 e. The molecule has 3 fully saturated rings. The number of hydrogen-bond acceptors (Lipinski definition) is 4. The van der Waals surface area contributed by atoms with Gasteiger partial charge in [0, 0.05) is 18.9 Å². The van der Waals surface area contributed by atoms with Crippen LogP contribution in [0.3, 0.4) is 0 Å². The summed E-state index contributed by atoms with van der Waals surface area (Å²) in [6.07, 6.45) is 7.06. The molecule has 7 nitrogen and oxygen atoms in total. The summed E-state index contributed by atoms with van der Waals surface area (Å²) in [5.74, 6) is -0.263. The van der Waals surface area contributed by atoms with E-state index in [0.29, 0.717) is 13.1 Å². The maximum absolute atomic E-state index is 13.4. The normalized spacial score (nSPS) is 36.3. The molecule has 5 heterocycles. The lowest BCUT2D eigenvalue weighted by atomic mass is 9.75. The Balaban J connectivity index is 1.33. The van der Waals surface area contributed by atoms with Gasteiger partial charge in [0.2, 0.25) is 11.8 Å². The Morgan fingerprint density at radius 1 is 1.27 bits per heavy atom. The largest absolute Gasteiger partial charge is 0.467 e. The number of likely N-dealkylation sites (tertiary alicyclic amines) is 1. The standard InChI is InChI=1S/C23H31N3O4/c1-21(2)10-14(11-22(3,4)25-21)24-19(27)17-16-7-8-23(30-16)13-26(20(28)18(17)23)12-15-6-5-9-29-15/h5-9,14,16-18,25H,10-13H2,1-4H3,(H,24,27)/p+1/t16-,17-,18+,23-/m0/s1. The van der Waals surface area contributed by atoms with Gasteiger partial charge >= 0.3 is 0 Å². The van der Waals surface area contributed by atoms with E-state index in [4.69, 9.17) is 9.15 Å². The highest BCUT2D eigenvalue weighted by Gasteiger charge is 2.67. The van der Waals surface area contributed by atoms with Crippen molar-refractivity contribution in [2.75, 3.05) is 6.54 Å². The average molecular weight is 415 g/mol. The van der Waals surface area contributed by atoms with Crippen molar-refractivity contribution in [3.63, 3.8) is 0 Å². The molecule has 0 saturated carbocycles. The van der Waals surface area contributed by atoms with Gasteiger partial charge in [0.15, 0.2) is 0 Å². The summed E-state index contributed by atoms with van der Waals surface area (Å²) in [6.45, 7) is 9.75. The molecule has 7 heteroatoms. The molecule has 1 aromatic rings. The third-order valence-electron chi connectivity index (χ3n) is 7.08. The third kappa shape index (κ3) is 3.19. The fourth-order valence-corrected chi connectivity index (χ4v) is 6.52. The van der Waals surface area contributed by atoms with Gasteiger partial charge in [-0.1, -0.05) is 12.2 Å². The Kier molecular flexibility index (Phi) is 4.25. The zero-order chi connectivity index (χ0) is 21.3. The number of rotatable bonds is 4. The van der Waals surface area contributed by atoms with Gasteiger partial charge in [-0.25, -0.2) is 0 Å². The maximum atomic E-state index is 13.4. The first-order valence-corrected chi connectivity index (χ1v) is 10.9. The number of carbonyl (C=O) groups is 2. The predicted octanol–water partition coefficient (Wildman–Crippen LogP) is 0.961. The van der Waals surface area contributed by atoms with Crippen LogP contribution in [-0.4, -0.2) is 52.1 Å². The van der Waals surface area contributed by atoms with Crippen LogP contribution >= 0.6 is 0 Å². The van der Waals surface area contributed by atoms with Gasteiger partial charge in [0.05, 0.1) is 48.4 Å². The second-order valence-electron chi connectivity index (χ2n) is 10.9. The molecular formula is C23H32N3O4+. The van der Waals surface area contributed by atoms with Gasteiger partial charge in [-0.2, -0.15) is 0 Å². The number of amides is 2. The number of hydrogen-bond donors (Lipinski definition) is 2. The highest BCUT2D eigenvalue weighted by atomic mass is 16.5. The molecule has 4 aliphatic rings. The molecule has 3 N–H and O–H groups in total. The van der Waals surface area contributed by atoms with Crippen LogP contribution in [0.5, 0.6) is 0 Å². The summed E-state index contributed by atoms with van der Waals surface area (Å²) >= 11 is 0. The van der Waals surface area contributed by atoms with Gasteiger partial charge in [-0.05, 0) is 39.8 Å². The van der Waals surface area contributed by atoms with Gasteiger partial charge in [0.1, 0.15) is 11.4 Å². The fraction of sp³-hybridized carbons (Fsp3) is 0.652. The first kappa shape index (κ1) is 19.8. The number of ether oxygens (including phenoxy) is 1. The first-order valence-electron chi connectivity index (χ1n) is 10.9. The van der Waals surface area contributed by atoms with Crippen molar-refractivity contribution >= 4 is 11.8 Å². The molecule has 4 atom stereocenters. The maximum Gasteiger partial charge on any atom is 0.230 e. The van der Waals surface area contributed by atoms with E-state index in [1.54, 1.807) is 11.2 Å². The minimum absolute atomic E-state index is 0.0176. The van der Waals surface area contributed by atoms with Crippen LogP contribution in [0.2, 0.25) is 0 Å². The zero-order valence-corrected chi connectivity index (χ0v) is 18.2. The molecule has 4 aliphatic heterocycles. The second-order valence-corrected chi connectivity index (χ2v) is 10.9. The monoisotopic (exact) mass is 414 g/mol. The summed E-state index contributed by atoms with van der Waals surface area (Å²) in [7, 11) is 0. The molecule has 0 unspecified atom stereocenters. The third-order valence-corrected chi connectivity index (χ3v) is 7.08. The van der Waals surface area contributed by atoms with Crippen LogP contribution in [0.15, 0.2) is 35.0 Å². The van der Waals surface area contributed by atoms with Crippen LogP contribution in [0, 0.1) is 11.8 Å². The summed E-state index contributed by atoms with van der Waals surface area (Å²) in [6, 6.07) is 3.78. The number of fused-ring (bicyclic) bond motifs is 1. The molecule has 162 valence electrons. The Morgan fingerprint density at radius 2 is 2.00 bits per heavy atom. The Morgan fingerprint density at radius 3 is 2.67 bits per heavy atom.